The maximum atomic E-state index is 5.19. The Morgan fingerprint density at radius 2 is 2.04 bits per heavy atom. The third-order valence-corrected chi connectivity index (χ3v) is 4.81. The summed E-state index contributed by atoms with van der Waals surface area (Å²) in [4.78, 5) is 13.8. The van der Waals surface area contributed by atoms with Crippen LogP contribution in [-0.4, -0.2) is 26.5 Å². The van der Waals surface area contributed by atoms with Crippen LogP contribution in [0.3, 0.4) is 0 Å². The molecule has 0 aliphatic rings. The van der Waals surface area contributed by atoms with Crippen LogP contribution in [0.5, 0.6) is 5.75 Å². The van der Waals surface area contributed by atoms with Gasteiger partial charge in [0.2, 0.25) is 5.78 Å². The van der Waals surface area contributed by atoms with Crippen molar-refractivity contribution in [2.45, 2.75) is 19.8 Å². The molecule has 0 unspecified atom stereocenters. The van der Waals surface area contributed by atoms with E-state index in [-0.39, 0.29) is 0 Å². The number of aryl methyl sites for hydroxylation is 1. The Bertz CT molecular complexity index is 1020. The number of benzene rings is 1. The molecular weight excluding hydrogens is 346 g/mol. The fourth-order valence-corrected chi connectivity index (χ4v) is 3.57. The van der Waals surface area contributed by atoms with E-state index in [9.17, 15) is 0 Å². The molecule has 3 aromatic heterocycles. The van der Waals surface area contributed by atoms with Crippen LogP contribution in [0.4, 0.5) is 10.8 Å². The van der Waals surface area contributed by atoms with Crippen molar-refractivity contribution in [2.24, 2.45) is 0 Å². The number of methoxy groups -OCH3 is 1. The Balaban J connectivity index is 1.67. The summed E-state index contributed by atoms with van der Waals surface area (Å²) in [5.74, 6) is 1.54. The Labute approximate surface area is 155 Å². The molecule has 4 rings (SSSR count). The molecule has 3 heterocycles. The van der Waals surface area contributed by atoms with Crippen molar-refractivity contribution in [3.8, 4) is 17.1 Å². The molecule has 4 aromatic rings. The average Bonchev–Trinajstić information content (AvgIpc) is 3.26. The smallest absolute Gasteiger partial charge is 0.234 e. The van der Waals surface area contributed by atoms with Gasteiger partial charge in [0, 0.05) is 23.5 Å². The first-order valence-corrected chi connectivity index (χ1v) is 9.35. The van der Waals surface area contributed by atoms with Crippen molar-refractivity contribution >= 4 is 27.9 Å². The van der Waals surface area contributed by atoms with Crippen molar-refractivity contribution in [1.82, 2.24) is 19.4 Å². The number of fused-ring (bicyclic) bond motifs is 1. The number of thiazole rings is 1. The molecule has 0 bridgehead atoms. The molecule has 0 radical (unpaired) electrons. The molecule has 132 valence electrons. The highest BCUT2D eigenvalue weighted by molar-refractivity contribution is 7.14. The van der Waals surface area contributed by atoms with Gasteiger partial charge in [-0.05, 0) is 36.8 Å². The van der Waals surface area contributed by atoms with Crippen LogP contribution in [-0.2, 0) is 6.42 Å². The Hall–Kier alpha value is -2.93. The van der Waals surface area contributed by atoms with Gasteiger partial charge in [-0.15, -0.1) is 11.3 Å². The first-order chi connectivity index (χ1) is 12.8. The minimum atomic E-state index is 0.712. The SMILES string of the molecule is CCCc1nc2ncccn2c1-c1csc(Nc2ccc(OC)cc2)n1. The topological polar surface area (TPSA) is 64.3 Å². The van der Waals surface area contributed by atoms with Gasteiger partial charge in [-0.3, -0.25) is 4.40 Å². The Morgan fingerprint density at radius 1 is 1.19 bits per heavy atom. The highest BCUT2D eigenvalue weighted by Gasteiger charge is 2.17. The van der Waals surface area contributed by atoms with E-state index in [0.717, 1.165) is 46.5 Å². The van der Waals surface area contributed by atoms with E-state index in [1.807, 2.05) is 40.9 Å². The highest BCUT2D eigenvalue weighted by atomic mass is 32.1. The minimum absolute atomic E-state index is 0.712. The second-order valence-corrected chi connectivity index (χ2v) is 6.70. The number of aromatic nitrogens is 4. The van der Waals surface area contributed by atoms with Crippen molar-refractivity contribution in [3.63, 3.8) is 0 Å². The molecule has 0 fully saturated rings. The Morgan fingerprint density at radius 3 is 2.81 bits per heavy atom. The third-order valence-electron chi connectivity index (χ3n) is 4.05. The second kappa shape index (κ2) is 7.13. The van der Waals surface area contributed by atoms with E-state index in [0.29, 0.717) is 5.78 Å². The van der Waals surface area contributed by atoms with Crippen molar-refractivity contribution in [2.75, 3.05) is 12.4 Å². The number of nitrogens with one attached hydrogen (secondary N) is 1. The molecular formula is C19H19N5OS. The monoisotopic (exact) mass is 365 g/mol. The molecule has 0 atom stereocenters. The first kappa shape index (κ1) is 16.5. The summed E-state index contributed by atoms with van der Waals surface area (Å²) in [5, 5.41) is 6.24. The number of nitrogens with zero attached hydrogens (tertiary/aromatic N) is 4. The van der Waals surface area contributed by atoms with Gasteiger partial charge >= 0.3 is 0 Å². The lowest BCUT2D eigenvalue weighted by Gasteiger charge is -2.04. The molecule has 6 nitrogen and oxygen atoms in total. The summed E-state index contributed by atoms with van der Waals surface area (Å²) in [5.41, 5.74) is 3.94. The molecule has 1 N–H and O–H groups in total. The molecule has 7 heteroatoms. The summed E-state index contributed by atoms with van der Waals surface area (Å²) >= 11 is 1.57. The lowest BCUT2D eigenvalue weighted by atomic mass is 10.2. The van der Waals surface area contributed by atoms with E-state index in [2.05, 4.69) is 27.6 Å². The number of hydrogen-bond acceptors (Lipinski definition) is 6. The Kier molecular flexibility index (Phi) is 4.53. The van der Waals surface area contributed by atoms with Crippen LogP contribution in [0.2, 0.25) is 0 Å². The maximum absolute atomic E-state index is 5.19. The fourth-order valence-electron chi connectivity index (χ4n) is 2.85. The van der Waals surface area contributed by atoms with Crippen molar-refractivity contribution in [1.29, 1.82) is 0 Å². The van der Waals surface area contributed by atoms with E-state index in [1.165, 1.54) is 0 Å². The van der Waals surface area contributed by atoms with E-state index in [1.54, 1.807) is 24.6 Å². The average molecular weight is 365 g/mol. The van der Waals surface area contributed by atoms with Gasteiger partial charge in [0.1, 0.15) is 11.4 Å². The van der Waals surface area contributed by atoms with Crippen LogP contribution in [0.25, 0.3) is 17.2 Å². The zero-order valence-electron chi connectivity index (χ0n) is 14.6. The maximum Gasteiger partial charge on any atom is 0.234 e. The zero-order chi connectivity index (χ0) is 17.9. The largest absolute Gasteiger partial charge is 0.497 e. The highest BCUT2D eigenvalue weighted by Crippen LogP contribution is 2.30. The van der Waals surface area contributed by atoms with Crippen LogP contribution < -0.4 is 10.1 Å². The number of hydrogen-bond donors (Lipinski definition) is 1. The molecule has 26 heavy (non-hydrogen) atoms. The lowest BCUT2D eigenvalue weighted by Crippen LogP contribution is -1.94. The van der Waals surface area contributed by atoms with Crippen LogP contribution in [0.1, 0.15) is 19.0 Å². The van der Waals surface area contributed by atoms with Crippen LogP contribution >= 0.6 is 11.3 Å². The summed E-state index contributed by atoms with van der Waals surface area (Å²) < 4.78 is 7.20. The predicted octanol–water partition coefficient (Wildman–Crippen LogP) is 4.56. The summed E-state index contributed by atoms with van der Waals surface area (Å²) in [6.45, 7) is 2.15. The summed E-state index contributed by atoms with van der Waals surface area (Å²) in [7, 11) is 1.66. The molecule has 1 aromatic carbocycles. The minimum Gasteiger partial charge on any atom is -0.497 e. The molecule has 0 amide bonds. The van der Waals surface area contributed by atoms with Gasteiger partial charge in [0.05, 0.1) is 18.5 Å². The molecule has 0 aliphatic heterocycles. The van der Waals surface area contributed by atoms with Gasteiger partial charge in [0.15, 0.2) is 5.13 Å². The molecule has 0 saturated carbocycles. The van der Waals surface area contributed by atoms with Crippen molar-refractivity contribution in [3.05, 3.63) is 53.8 Å². The number of anilines is 2. The van der Waals surface area contributed by atoms with Crippen LogP contribution in [0.15, 0.2) is 48.1 Å². The quantitative estimate of drug-likeness (QED) is 0.543. The second-order valence-electron chi connectivity index (χ2n) is 5.84. The summed E-state index contributed by atoms with van der Waals surface area (Å²) in [6, 6.07) is 9.70. The first-order valence-electron chi connectivity index (χ1n) is 8.47. The lowest BCUT2D eigenvalue weighted by molar-refractivity contribution is 0.415. The molecule has 0 aliphatic carbocycles. The van der Waals surface area contributed by atoms with E-state index >= 15 is 0 Å². The normalized spacial score (nSPS) is 11.0. The number of rotatable bonds is 6. The fraction of sp³-hybridized carbons (Fsp3) is 0.211. The molecule has 0 spiro atoms. The zero-order valence-corrected chi connectivity index (χ0v) is 15.5. The number of ether oxygens (including phenoxy) is 1. The van der Waals surface area contributed by atoms with Gasteiger partial charge in [-0.25, -0.2) is 15.0 Å². The van der Waals surface area contributed by atoms with Crippen LogP contribution in [0, 0.1) is 0 Å². The summed E-state index contributed by atoms with van der Waals surface area (Å²) in [6.07, 6.45) is 5.68. The predicted molar refractivity (Wildman–Crippen MR) is 104 cm³/mol. The van der Waals surface area contributed by atoms with Crippen molar-refractivity contribution < 1.29 is 4.74 Å². The van der Waals surface area contributed by atoms with E-state index in [4.69, 9.17) is 9.72 Å². The number of imidazole rings is 1. The third kappa shape index (κ3) is 3.13. The standard InChI is InChI=1S/C19H19N5OS/c1-3-5-15-17(24-11-4-10-20-18(24)22-15)16-12-26-19(23-16)21-13-6-8-14(25-2)9-7-13/h4,6-12H,3,5H2,1-2H3,(H,21,23). The van der Waals surface area contributed by atoms with E-state index < -0.39 is 0 Å². The van der Waals surface area contributed by atoms with Gasteiger partial charge in [-0.1, -0.05) is 13.3 Å². The van der Waals surface area contributed by atoms with Gasteiger partial charge in [-0.2, -0.15) is 0 Å². The molecule has 0 saturated heterocycles. The van der Waals surface area contributed by atoms with Gasteiger partial charge in [0.25, 0.3) is 0 Å². The van der Waals surface area contributed by atoms with Gasteiger partial charge < -0.3 is 10.1 Å².